The minimum Gasteiger partial charge on any atom is -0.381 e. The summed E-state index contributed by atoms with van der Waals surface area (Å²) >= 11 is 0. The van der Waals surface area contributed by atoms with Crippen molar-refractivity contribution in [2.24, 2.45) is 10.9 Å². The molecule has 1 aliphatic heterocycles. The molecule has 1 saturated heterocycles. The van der Waals surface area contributed by atoms with Crippen LogP contribution in [0.25, 0.3) is 0 Å². The van der Waals surface area contributed by atoms with Crippen LogP contribution in [0.5, 0.6) is 0 Å². The van der Waals surface area contributed by atoms with E-state index in [1.807, 2.05) is 7.05 Å². The Bertz CT molecular complexity index is 483. The number of guanidine groups is 1. The van der Waals surface area contributed by atoms with Gasteiger partial charge in [0.05, 0.1) is 12.6 Å². The molecular formula is C18H30N4O. The van der Waals surface area contributed by atoms with Crippen LogP contribution in [0, 0.1) is 5.92 Å². The van der Waals surface area contributed by atoms with Crippen molar-refractivity contribution in [3.8, 4) is 0 Å². The van der Waals surface area contributed by atoms with E-state index in [1.54, 1.807) is 0 Å². The fourth-order valence-corrected chi connectivity index (χ4v) is 3.05. The van der Waals surface area contributed by atoms with E-state index in [0.29, 0.717) is 12.0 Å². The first-order chi connectivity index (χ1) is 11.1. The van der Waals surface area contributed by atoms with Crippen molar-refractivity contribution in [3.05, 3.63) is 35.9 Å². The number of hydrogen-bond donors (Lipinski definition) is 1. The Labute approximate surface area is 140 Å². The Morgan fingerprint density at radius 3 is 2.61 bits per heavy atom. The Kier molecular flexibility index (Phi) is 6.86. The smallest absolute Gasteiger partial charge is 0.193 e. The first-order valence-electron chi connectivity index (χ1n) is 8.32. The summed E-state index contributed by atoms with van der Waals surface area (Å²) in [5, 5.41) is 3.52. The number of aliphatic imine (C=N–C) groups is 1. The molecule has 0 spiro atoms. The zero-order valence-corrected chi connectivity index (χ0v) is 14.8. The van der Waals surface area contributed by atoms with Crippen molar-refractivity contribution in [1.29, 1.82) is 0 Å². The van der Waals surface area contributed by atoms with Gasteiger partial charge in [-0.1, -0.05) is 30.3 Å². The molecule has 2 unspecified atom stereocenters. The van der Waals surface area contributed by atoms with Crippen LogP contribution in [0.2, 0.25) is 0 Å². The first kappa shape index (κ1) is 17.8. The van der Waals surface area contributed by atoms with Crippen molar-refractivity contribution in [3.63, 3.8) is 0 Å². The van der Waals surface area contributed by atoms with Crippen LogP contribution in [0.4, 0.5) is 0 Å². The highest BCUT2D eigenvalue weighted by Gasteiger charge is 2.20. The van der Waals surface area contributed by atoms with Crippen LogP contribution in [-0.2, 0) is 4.74 Å². The fourth-order valence-electron chi connectivity index (χ4n) is 3.05. The second-order valence-corrected chi connectivity index (χ2v) is 6.43. The normalized spacial score (nSPS) is 19.9. The van der Waals surface area contributed by atoms with E-state index in [1.165, 1.54) is 5.56 Å². The highest BCUT2D eigenvalue weighted by molar-refractivity contribution is 5.79. The van der Waals surface area contributed by atoms with Crippen molar-refractivity contribution >= 4 is 5.96 Å². The molecule has 1 fully saturated rings. The lowest BCUT2D eigenvalue weighted by Crippen LogP contribution is -2.44. The fraction of sp³-hybridized carbons (Fsp3) is 0.611. The van der Waals surface area contributed by atoms with Crippen LogP contribution in [0.15, 0.2) is 35.3 Å². The van der Waals surface area contributed by atoms with Gasteiger partial charge < -0.3 is 19.9 Å². The summed E-state index contributed by atoms with van der Waals surface area (Å²) < 4.78 is 5.47. The highest BCUT2D eigenvalue weighted by atomic mass is 16.5. The van der Waals surface area contributed by atoms with Gasteiger partial charge in [0.2, 0.25) is 0 Å². The van der Waals surface area contributed by atoms with E-state index >= 15 is 0 Å². The van der Waals surface area contributed by atoms with Crippen LogP contribution in [0.3, 0.4) is 0 Å². The molecule has 0 amide bonds. The van der Waals surface area contributed by atoms with E-state index in [-0.39, 0.29) is 0 Å². The van der Waals surface area contributed by atoms with Gasteiger partial charge in [-0.15, -0.1) is 0 Å². The van der Waals surface area contributed by atoms with Gasteiger partial charge in [-0.05, 0) is 26.1 Å². The van der Waals surface area contributed by atoms with E-state index in [9.17, 15) is 0 Å². The van der Waals surface area contributed by atoms with E-state index in [2.05, 4.69) is 71.6 Å². The molecule has 128 valence electrons. The molecule has 1 aromatic rings. The third kappa shape index (κ3) is 5.22. The van der Waals surface area contributed by atoms with Crippen LogP contribution < -0.4 is 5.32 Å². The SMILES string of the molecule is CN=C(NCC(c1ccccc1)N(C)C)N(C)CC1CCOC1. The monoisotopic (exact) mass is 318 g/mol. The minimum absolute atomic E-state index is 0.316. The predicted molar refractivity (Wildman–Crippen MR) is 95.8 cm³/mol. The third-order valence-electron chi connectivity index (χ3n) is 4.39. The van der Waals surface area contributed by atoms with Gasteiger partial charge in [0.15, 0.2) is 5.96 Å². The molecule has 1 aliphatic rings. The Morgan fingerprint density at radius 2 is 2.04 bits per heavy atom. The second-order valence-electron chi connectivity index (χ2n) is 6.43. The molecule has 0 aromatic heterocycles. The first-order valence-corrected chi connectivity index (χ1v) is 8.32. The summed E-state index contributed by atoms with van der Waals surface area (Å²) in [6.07, 6.45) is 1.14. The molecule has 2 atom stereocenters. The Hall–Kier alpha value is -1.59. The second kappa shape index (κ2) is 8.89. The summed E-state index contributed by atoms with van der Waals surface area (Å²) in [7, 11) is 8.17. The number of nitrogens with one attached hydrogen (secondary N) is 1. The lowest BCUT2D eigenvalue weighted by Gasteiger charge is -2.29. The molecule has 2 rings (SSSR count). The molecule has 1 heterocycles. The predicted octanol–water partition coefficient (Wildman–Crippen LogP) is 1.83. The molecule has 1 N–H and O–H groups in total. The number of nitrogens with zero attached hydrogens (tertiary/aromatic N) is 3. The summed E-state index contributed by atoms with van der Waals surface area (Å²) in [5.74, 6) is 1.55. The van der Waals surface area contributed by atoms with Gasteiger partial charge in [0.25, 0.3) is 0 Å². The molecule has 23 heavy (non-hydrogen) atoms. The molecule has 0 saturated carbocycles. The molecule has 5 nitrogen and oxygen atoms in total. The molecule has 0 radical (unpaired) electrons. The van der Waals surface area contributed by atoms with E-state index in [4.69, 9.17) is 4.74 Å². The number of rotatable bonds is 6. The van der Waals surface area contributed by atoms with Crippen molar-refractivity contribution in [1.82, 2.24) is 15.1 Å². The number of ether oxygens (including phenoxy) is 1. The molecular weight excluding hydrogens is 288 g/mol. The molecule has 1 aromatic carbocycles. The van der Waals surface area contributed by atoms with Gasteiger partial charge in [-0.2, -0.15) is 0 Å². The van der Waals surface area contributed by atoms with Gasteiger partial charge in [-0.25, -0.2) is 0 Å². The van der Waals surface area contributed by atoms with Crippen LogP contribution in [0.1, 0.15) is 18.0 Å². The van der Waals surface area contributed by atoms with Gasteiger partial charge in [-0.3, -0.25) is 4.99 Å². The Balaban J connectivity index is 1.92. The maximum atomic E-state index is 5.47. The van der Waals surface area contributed by atoms with Crippen molar-refractivity contribution < 1.29 is 4.74 Å². The summed E-state index contributed by atoms with van der Waals surface area (Å²) in [6, 6.07) is 10.9. The third-order valence-corrected chi connectivity index (χ3v) is 4.39. The number of benzene rings is 1. The lowest BCUT2D eigenvalue weighted by atomic mass is 10.1. The topological polar surface area (TPSA) is 40.1 Å². The van der Waals surface area contributed by atoms with E-state index < -0.39 is 0 Å². The van der Waals surface area contributed by atoms with Crippen molar-refractivity contribution in [2.45, 2.75) is 12.5 Å². The number of hydrogen-bond acceptors (Lipinski definition) is 3. The zero-order chi connectivity index (χ0) is 16.7. The average Bonchev–Trinajstić information content (AvgIpc) is 3.05. The van der Waals surface area contributed by atoms with E-state index in [0.717, 1.165) is 38.7 Å². The quantitative estimate of drug-likeness (QED) is 0.642. The summed E-state index contributed by atoms with van der Waals surface area (Å²) in [5.41, 5.74) is 1.31. The van der Waals surface area contributed by atoms with Crippen molar-refractivity contribution in [2.75, 3.05) is 54.5 Å². The zero-order valence-electron chi connectivity index (χ0n) is 14.8. The lowest BCUT2D eigenvalue weighted by molar-refractivity contribution is 0.181. The Morgan fingerprint density at radius 1 is 1.30 bits per heavy atom. The average molecular weight is 318 g/mol. The molecule has 5 heteroatoms. The standard InChI is InChI=1S/C18H30N4O/c1-19-18(22(4)13-15-10-11-23-14-15)20-12-17(21(2)3)16-8-6-5-7-9-16/h5-9,15,17H,10-14H2,1-4H3,(H,19,20). The minimum atomic E-state index is 0.316. The summed E-state index contributed by atoms with van der Waals surface area (Å²) in [6.45, 7) is 3.57. The number of likely N-dealkylation sites (N-methyl/N-ethyl adjacent to an activating group) is 1. The largest absolute Gasteiger partial charge is 0.381 e. The molecule has 0 aliphatic carbocycles. The highest BCUT2D eigenvalue weighted by Crippen LogP contribution is 2.17. The molecule has 0 bridgehead atoms. The summed E-state index contributed by atoms with van der Waals surface area (Å²) in [4.78, 5) is 8.87. The van der Waals surface area contributed by atoms with Crippen LogP contribution >= 0.6 is 0 Å². The van der Waals surface area contributed by atoms with Gasteiger partial charge in [0, 0.05) is 39.7 Å². The van der Waals surface area contributed by atoms with Gasteiger partial charge >= 0.3 is 0 Å². The van der Waals surface area contributed by atoms with Crippen LogP contribution in [-0.4, -0.2) is 70.3 Å². The maximum Gasteiger partial charge on any atom is 0.193 e. The van der Waals surface area contributed by atoms with Gasteiger partial charge in [0.1, 0.15) is 0 Å². The maximum absolute atomic E-state index is 5.47.